The highest BCUT2D eigenvalue weighted by Gasteiger charge is 2.43. The van der Waals surface area contributed by atoms with Crippen LogP contribution in [-0.2, 0) is 14.6 Å². The third-order valence-electron chi connectivity index (χ3n) is 3.18. The van der Waals surface area contributed by atoms with Crippen molar-refractivity contribution in [2.24, 2.45) is 5.41 Å². The minimum absolute atomic E-state index is 0.0527. The fourth-order valence-electron chi connectivity index (χ4n) is 1.98. The van der Waals surface area contributed by atoms with E-state index in [4.69, 9.17) is 5.11 Å². The number of sulfone groups is 1. The van der Waals surface area contributed by atoms with Crippen LogP contribution in [0.25, 0.3) is 6.08 Å². The van der Waals surface area contributed by atoms with E-state index in [9.17, 15) is 13.2 Å². The van der Waals surface area contributed by atoms with Crippen LogP contribution in [-0.4, -0.2) is 19.5 Å². The number of benzene rings is 1. The molecule has 0 aromatic heterocycles. The largest absolute Gasteiger partial charge is 0.481 e. The van der Waals surface area contributed by atoms with Crippen molar-refractivity contribution in [1.29, 1.82) is 0 Å². The van der Waals surface area contributed by atoms with E-state index >= 15 is 0 Å². The highest BCUT2D eigenvalue weighted by atomic mass is 32.2. The second-order valence-corrected chi connectivity index (χ2v) is 6.87. The summed E-state index contributed by atoms with van der Waals surface area (Å²) in [7, 11) is -3.69. The maximum atomic E-state index is 12.3. The van der Waals surface area contributed by atoms with Gasteiger partial charge in [0.25, 0.3) is 0 Å². The van der Waals surface area contributed by atoms with Gasteiger partial charge in [-0.25, -0.2) is 8.42 Å². The van der Waals surface area contributed by atoms with Crippen LogP contribution in [0, 0.1) is 12.3 Å². The SMILES string of the molecule is Cc1ccc2c(c1)C=C(C(C)(C)C(=O)O)S2(=O)=O. The molecule has 1 aromatic rings. The van der Waals surface area contributed by atoms with Crippen molar-refractivity contribution < 1.29 is 18.3 Å². The molecule has 0 atom stereocenters. The lowest BCUT2D eigenvalue weighted by Gasteiger charge is -2.20. The molecular weight excluding hydrogens is 252 g/mol. The Morgan fingerprint density at radius 3 is 2.44 bits per heavy atom. The number of carboxylic acid groups (broad SMARTS) is 1. The number of hydrogen-bond acceptors (Lipinski definition) is 3. The second kappa shape index (κ2) is 3.68. The van der Waals surface area contributed by atoms with Gasteiger partial charge in [-0.15, -0.1) is 0 Å². The van der Waals surface area contributed by atoms with E-state index in [1.54, 1.807) is 12.1 Å². The normalized spacial score (nSPS) is 17.2. The van der Waals surface area contributed by atoms with Crippen molar-refractivity contribution in [3.63, 3.8) is 0 Å². The number of rotatable bonds is 2. The number of carboxylic acids is 1. The molecule has 2 rings (SSSR count). The number of carbonyl (C=O) groups is 1. The smallest absolute Gasteiger partial charge is 0.314 e. The van der Waals surface area contributed by atoms with Crippen molar-refractivity contribution in [3.05, 3.63) is 34.2 Å². The number of aryl methyl sites for hydroxylation is 1. The third kappa shape index (κ3) is 1.66. The third-order valence-corrected chi connectivity index (χ3v) is 5.34. The van der Waals surface area contributed by atoms with Gasteiger partial charge in [-0.05, 0) is 38.5 Å². The first-order valence-electron chi connectivity index (χ1n) is 5.48. The summed E-state index contributed by atoms with van der Waals surface area (Å²) in [6.45, 7) is 4.66. The fraction of sp³-hybridized carbons (Fsp3) is 0.308. The molecule has 0 aliphatic carbocycles. The molecule has 1 heterocycles. The van der Waals surface area contributed by atoms with Crippen LogP contribution in [0.15, 0.2) is 28.0 Å². The topological polar surface area (TPSA) is 71.4 Å². The second-order valence-electron chi connectivity index (χ2n) is 4.98. The summed E-state index contributed by atoms with van der Waals surface area (Å²) in [5.41, 5.74) is 0.0834. The zero-order valence-corrected chi connectivity index (χ0v) is 11.2. The van der Waals surface area contributed by atoms with Gasteiger partial charge < -0.3 is 5.11 Å². The van der Waals surface area contributed by atoms with Gasteiger partial charge in [0.15, 0.2) is 0 Å². The molecule has 0 saturated heterocycles. The first-order chi connectivity index (χ1) is 8.17. The predicted molar refractivity (Wildman–Crippen MR) is 67.8 cm³/mol. The van der Waals surface area contributed by atoms with E-state index in [2.05, 4.69) is 0 Å². The highest BCUT2D eigenvalue weighted by Crippen LogP contribution is 2.42. The standard InChI is InChI=1S/C13H14O4S/c1-8-4-5-10-9(6-8)7-11(18(10,16)17)13(2,3)12(14)15/h4-7H,1-3H3,(H,14,15). The van der Waals surface area contributed by atoms with Crippen molar-refractivity contribution in [2.45, 2.75) is 25.7 Å². The van der Waals surface area contributed by atoms with E-state index in [0.29, 0.717) is 5.56 Å². The van der Waals surface area contributed by atoms with Crippen LogP contribution in [0.4, 0.5) is 0 Å². The van der Waals surface area contributed by atoms with Crippen molar-refractivity contribution >= 4 is 21.9 Å². The molecule has 4 nitrogen and oxygen atoms in total. The number of fused-ring (bicyclic) bond motifs is 1. The summed E-state index contributed by atoms with van der Waals surface area (Å²) in [5.74, 6) is -1.15. The van der Waals surface area contributed by atoms with Crippen LogP contribution in [0.1, 0.15) is 25.0 Å². The lowest BCUT2D eigenvalue weighted by Crippen LogP contribution is -2.28. The lowest BCUT2D eigenvalue weighted by molar-refractivity contribution is -0.144. The monoisotopic (exact) mass is 266 g/mol. The van der Waals surface area contributed by atoms with Gasteiger partial charge in [0, 0.05) is 0 Å². The molecule has 0 spiro atoms. The molecule has 1 aromatic carbocycles. The average molecular weight is 266 g/mol. The van der Waals surface area contributed by atoms with E-state index in [1.165, 1.54) is 26.0 Å². The maximum Gasteiger partial charge on any atom is 0.314 e. The summed E-state index contributed by atoms with van der Waals surface area (Å²) in [6, 6.07) is 4.99. The minimum Gasteiger partial charge on any atom is -0.481 e. The Morgan fingerprint density at radius 1 is 1.28 bits per heavy atom. The fourth-order valence-corrected chi connectivity index (χ4v) is 3.94. The summed E-state index contributed by atoms with van der Waals surface area (Å²) in [4.78, 5) is 11.3. The average Bonchev–Trinajstić information content (AvgIpc) is 2.50. The quantitative estimate of drug-likeness (QED) is 0.891. The van der Waals surface area contributed by atoms with Gasteiger partial charge in [-0.2, -0.15) is 0 Å². The van der Waals surface area contributed by atoms with Crippen LogP contribution < -0.4 is 0 Å². The molecule has 96 valence electrons. The Morgan fingerprint density at radius 2 is 1.89 bits per heavy atom. The molecule has 0 bridgehead atoms. The van der Waals surface area contributed by atoms with Crippen molar-refractivity contribution in [1.82, 2.24) is 0 Å². The van der Waals surface area contributed by atoms with Gasteiger partial charge in [-0.3, -0.25) is 4.79 Å². The Bertz CT molecular complexity index is 666. The first kappa shape index (κ1) is 12.8. The summed E-state index contributed by atoms with van der Waals surface area (Å²) in [6.07, 6.45) is 1.46. The molecule has 1 aliphatic heterocycles. The van der Waals surface area contributed by atoms with Crippen molar-refractivity contribution in [2.75, 3.05) is 0 Å². The molecule has 0 fully saturated rings. The Labute approximate surface area is 106 Å². The predicted octanol–water partition coefficient (Wildman–Crippen LogP) is 2.23. The van der Waals surface area contributed by atoms with Gasteiger partial charge in [0.2, 0.25) is 9.84 Å². The molecule has 0 radical (unpaired) electrons. The van der Waals surface area contributed by atoms with Crippen LogP contribution in [0.5, 0.6) is 0 Å². The zero-order valence-electron chi connectivity index (χ0n) is 10.4. The highest BCUT2D eigenvalue weighted by molar-refractivity contribution is 7.96. The van der Waals surface area contributed by atoms with Crippen LogP contribution in [0.2, 0.25) is 0 Å². The van der Waals surface area contributed by atoms with Crippen molar-refractivity contribution in [3.8, 4) is 0 Å². The van der Waals surface area contributed by atoms with E-state index in [-0.39, 0.29) is 9.80 Å². The Kier molecular flexibility index (Phi) is 2.63. The van der Waals surface area contributed by atoms with Gasteiger partial charge in [-0.1, -0.05) is 17.7 Å². The minimum atomic E-state index is -3.69. The summed E-state index contributed by atoms with van der Waals surface area (Å²) >= 11 is 0. The molecule has 0 amide bonds. The van der Waals surface area contributed by atoms with Crippen LogP contribution in [0.3, 0.4) is 0 Å². The van der Waals surface area contributed by atoms with Crippen LogP contribution >= 0.6 is 0 Å². The molecule has 0 unspecified atom stereocenters. The Balaban J connectivity index is 2.69. The Hall–Kier alpha value is -1.62. The lowest BCUT2D eigenvalue weighted by atomic mass is 9.92. The molecule has 0 saturated carbocycles. The molecule has 18 heavy (non-hydrogen) atoms. The molecule has 1 N–H and O–H groups in total. The molecule has 5 heteroatoms. The van der Waals surface area contributed by atoms with E-state index in [0.717, 1.165) is 5.56 Å². The number of aliphatic carboxylic acids is 1. The zero-order chi connectivity index (χ0) is 13.7. The number of hydrogen-bond donors (Lipinski definition) is 1. The van der Waals surface area contributed by atoms with Gasteiger partial charge in [0.05, 0.1) is 15.2 Å². The summed E-state index contributed by atoms with van der Waals surface area (Å²) < 4.78 is 24.6. The molecular formula is C13H14O4S. The molecule has 1 aliphatic rings. The van der Waals surface area contributed by atoms with Gasteiger partial charge >= 0.3 is 5.97 Å². The maximum absolute atomic E-state index is 12.3. The van der Waals surface area contributed by atoms with E-state index < -0.39 is 21.2 Å². The van der Waals surface area contributed by atoms with E-state index in [1.807, 2.05) is 6.92 Å². The summed E-state index contributed by atoms with van der Waals surface area (Å²) in [5, 5.41) is 9.16. The van der Waals surface area contributed by atoms with Gasteiger partial charge in [0.1, 0.15) is 0 Å². The first-order valence-corrected chi connectivity index (χ1v) is 6.97.